The summed E-state index contributed by atoms with van der Waals surface area (Å²) in [5, 5.41) is 12.1. The standard InChI is InChI=1S/C23H24F2N6O3/c1-23(2,3)34-22(33)31-10-12-6-13(31)9-30(12)19-5-4-16-20(29-19)21(27-11-26-16)28-17-7-15(25)18(32)8-14(17)24/h4-5,7-8,11-13,32H,6,9-10H2,1-3H3,(H,26,27,28)/t12-,13-/m0/s1. The van der Waals surface area contributed by atoms with Crippen molar-refractivity contribution in [2.24, 2.45) is 0 Å². The van der Waals surface area contributed by atoms with Crippen LogP contribution in [0.1, 0.15) is 27.2 Å². The molecule has 2 bridgehead atoms. The van der Waals surface area contributed by atoms with Crippen molar-refractivity contribution in [1.82, 2.24) is 19.9 Å². The highest BCUT2D eigenvalue weighted by molar-refractivity contribution is 5.88. The zero-order chi connectivity index (χ0) is 24.2. The molecule has 2 N–H and O–H groups in total. The number of pyridine rings is 1. The molecule has 5 rings (SSSR count). The molecule has 34 heavy (non-hydrogen) atoms. The molecule has 0 spiro atoms. The summed E-state index contributed by atoms with van der Waals surface area (Å²) in [6, 6.07) is 5.29. The normalized spacial score (nSPS) is 19.7. The first-order valence-corrected chi connectivity index (χ1v) is 10.9. The number of carbonyl (C=O) groups is 1. The number of hydrogen-bond acceptors (Lipinski definition) is 8. The molecule has 0 radical (unpaired) electrons. The fourth-order valence-corrected chi connectivity index (χ4v) is 4.43. The molecule has 3 aromatic rings. The van der Waals surface area contributed by atoms with Gasteiger partial charge in [-0.15, -0.1) is 0 Å². The summed E-state index contributed by atoms with van der Waals surface area (Å²) >= 11 is 0. The topological polar surface area (TPSA) is 104 Å². The highest BCUT2D eigenvalue weighted by Crippen LogP contribution is 2.36. The van der Waals surface area contributed by atoms with Crippen LogP contribution in [-0.2, 0) is 4.74 Å². The van der Waals surface area contributed by atoms with Gasteiger partial charge in [-0.3, -0.25) is 0 Å². The predicted octanol–water partition coefficient (Wildman–Crippen LogP) is 3.95. The molecule has 178 valence electrons. The highest BCUT2D eigenvalue weighted by Gasteiger charge is 2.47. The average molecular weight is 470 g/mol. The lowest BCUT2D eigenvalue weighted by Crippen LogP contribution is -2.50. The number of halogens is 2. The summed E-state index contributed by atoms with van der Waals surface area (Å²) < 4.78 is 33.5. The number of piperazine rings is 1. The van der Waals surface area contributed by atoms with E-state index in [2.05, 4.69) is 20.2 Å². The van der Waals surface area contributed by atoms with Gasteiger partial charge in [0.05, 0.1) is 23.3 Å². The molecule has 2 fully saturated rings. The number of likely N-dealkylation sites (tertiary alicyclic amines) is 1. The third kappa shape index (κ3) is 4.02. The first kappa shape index (κ1) is 22.1. The van der Waals surface area contributed by atoms with Gasteiger partial charge in [0.25, 0.3) is 0 Å². The lowest BCUT2D eigenvalue weighted by molar-refractivity contribution is 0.0214. The number of nitrogens with zero attached hydrogens (tertiary/aromatic N) is 5. The molecule has 2 atom stereocenters. The molecular formula is C23H24F2N6O3. The van der Waals surface area contributed by atoms with E-state index in [1.165, 1.54) is 6.33 Å². The van der Waals surface area contributed by atoms with Crippen LogP contribution >= 0.6 is 0 Å². The van der Waals surface area contributed by atoms with Gasteiger partial charge in [-0.05, 0) is 39.3 Å². The second-order valence-corrected chi connectivity index (χ2v) is 9.50. The van der Waals surface area contributed by atoms with Crippen LogP contribution in [0.25, 0.3) is 11.0 Å². The molecule has 0 unspecified atom stereocenters. The van der Waals surface area contributed by atoms with E-state index in [-0.39, 0.29) is 29.7 Å². The number of rotatable bonds is 3. The monoisotopic (exact) mass is 470 g/mol. The number of anilines is 3. The average Bonchev–Trinajstić information content (AvgIpc) is 3.37. The third-order valence-corrected chi connectivity index (χ3v) is 5.92. The third-order valence-electron chi connectivity index (χ3n) is 5.92. The van der Waals surface area contributed by atoms with E-state index in [0.717, 1.165) is 12.5 Å². The van der Waals surface area contributed by atoms with E-state index in [4.69, 9.17) is 9.72 Å². The largest absolute Gasteiger partial charge is 0.505 e. The van der Waals surface area contributed by atoms with Crippen LogP contribution in [0.2, 0.25) is 0 Å². The van der Waals surface area contributed by atoms with Gasteiger partial charge in [0.2, 0.25) is 0 Å². The van der Waals surface area contributed by atoms with Crippen molar-refractivity contribution < 1.29 is 23.4 Å². The minimum atomic E-state index is -0.960. The second-order valence-electron chi connectivity index (χ2n) is 9.50. The lowest BCUT2D eigenvalue weighted by Gasteiger charge is -2.35. The first-order chi connectivity index (χ1) is 16.1. The van der Waals surface area contributed by atoms with Crippen LogP contribution in [0.3, 0.4) is 0 Å². The number of amides is 1. The zero-order valence-corrected chi connectivity index (χ0v) is 18.9. The Morgan fingerprint density at radius 3 is 2.65 bits per heavy atom. The van der Waals surface area contributed by atoms with Gasteiger partial charge in [-0.1, -0.05) is 0 Å². The Balaban J connectivity index is 1.40. The molecule has 2 aliphatic rings. The van der Waals surface area contributed by atoms with Crippen molar-refractivity contribution in [3.63, 3.8) is 0 Å². The van der Waals surface area contributed by atoms with Crippen LogP contribution in [0, 0.1) is 11.6 Å². The van der Waals surface area contributed by atoms with Crippen LogP contribution in [-0.4, -0.2) is 61.8 Å². The van der Waals surface area contributed by atoms with Crippen molar-refractivity contribution in [2.45, 2.75) is 44.9 Å². The molecule has 9 nitrogen and oxygen atoms in total. The maximum Gasteiger partial charge on any atom is 0.410 e. The van der Waals surface area contributed by atoms with Gasteiger partial charge in [-0.25, -0.2) is 28.5 Å². The number of phenols is 1. The minimum absolute atomic E-state index is 0.0241. The van der Waals surface area contributed by atoms with E-state index >= 15 is 0 Å². The van der Waals surface area contributed by atoms with Crippen LogP contribution in [0.15, 0.2) is 30.6 Å². The number of ether oxygens (including phenoxy) is 1. The summed E-state index contributed by atoms with van der Waals surface area (Å²) in [5.74, 6) is -1.69. The summed E-state index contributed by atoms with van der Waals surface area (Å²) in [7, 11) is 0. The minimum Gasteiger partial charge on any atom is -0.505 e. The molecule has 11 heteroatoms. The van der Waals surface area contributed by atoms with Gasteiger partial charge < -0.3 is 25.0 Å². The Hall–Kier alpha value is -3.76. The van der Waals surface area contributed by atoms with Gasteiger partial charge in [0, 0.05) is 25.2 Å². The zero-order valence-electron chi connectivity index (χ0n) is 18.9. The summed E-state index contributed by atoms with van der Waals surface area (Å²) in [6.45, 7) is 6.67. The molecule has 0 saturated carbocycles. The van der Waals surface area contributed by atoms with Crippen molar-refractivity contribution >= 4 is 34.4 Å². The van der Waals surface area contributed by atoms with E-state index in [0.29, 0.717) is 36.0 Å². The Labute approximate surface area is 194 Å². The number of hydrogen-bond donors (Lipinski definition) is 2. The fraction of sp³-hybridized carbons (Fsp3) is 0.391. The van der Waals surface area contributed by atoms with E-state index in [1.807, 2.05) is 26.8 Å². The van der Waals surface area contributed by atoms with Crippen molar-refractivity contribution in [1.29, 1.82) is 0 Å². The molecular weight excluding hydrogens is 446 g/mol. The molecule has 2 aliphatic heterocycles. The quantitative estimate of drug-likeness (QED) is 0.555. The fourth-order valence-electron chi connectivity index (χ4n) is 4.43. The maximum atomic E-state index is 14.2. The molecule has 2 aromatic heterocycles. The van der Waals surface area contributed by atoms with Crippen LogP contribution < -0.4 is 10.2 Å². The number of fused-ring (bicyclic) bond motifs is 3. The van der Waals surface area contributed by atoms with E-state index < -0.39 is 23.0 Å². The number of nitrogens with one attached hydrogen (secondary N) is 1. The SMILES string of the molecule is CC(C)(C)OC(=O)N1C[C@@H]2C[C@H]1CN2c1ccc2ncnc(Nc3cc(F)c(O)cc3F)c2n1. The predicted molar refractivity (Wildman–Crippen MR) is 121 cm³/mol. The van der Waals surface area contributed by atoms with E-state index in [9.17, 15) is 18.7 Å². The molecule has 4 heterocycles. The molecule has 0 aliphatic carbocycles. The van der Waals surface area contributed by atoms with Gasteiger partial charge >= 0.3 is 6.09 Å². The number of benzene rings is 1. The van der Waals surface area contributed by atoms with E-state index in [1.54, 1.807) is 11.0 Å². The Morgan fingerprint density at radius 2 is 1.94 bits per heavy atom. The smallest absolute Gasteiger partial charge is 0.410 e. The number of phenolic OH excluding ortho intramolecular Hbond substituents is 1. The molecule has 1 aromatic carbocycles. The summed E-state index contributed by atoms with van der Waals surface area (Å²) in [6.07, 6.45) is 1.80. The molecule has 1 amide bonds. The highest BCUT2D eigenvalue weighted by atomic mass is 19.1. The van der Waals surface area contributed by atoms with Crippen molar-refractivity contribution in [3.05, 3.63) is 42.2 Å². The van der Waals surface area contributed by atoms with Crippen molar-refractivity contribution in [2.75, 3.05) is 23.3 Å². The molecule has 2 saturated heterocycles. The number of aromatic nitrogens is 3. The summed E-state index contributed by atoms with van der Waals surface area (Å²) in [4.78, 5) is 29.5. The summed E-state index contributed by atoms with van der Waals surface area (Å²) in [5.41, 5.74) is 0.179. The Bertz CT molecular complexity index is 1280. The Kier molecular flexibility index (Phi) is 5.14. The first-order valence-electron chi connectivity index (χ1n) is 10.9. The lowest BCUT2D eigenvalue weighted by atomic mass is 10.2. The van der Waals surface area contributed by atoms with Crippen molar-refractivity contribution in [3.8, 4) is 5.75 Å². The number of aromatic hydroxyl groups is 1. The van der Waals surface area contributed by atoms with Gasteiger partial charge in [-0.2, -0.15) is 0 Å². The van der Waals surface area contributed by atoms with Crippen LogP contribution in [0.5, 0.6) is 5.75 Å². The number of carbonyl (C=O) groups excluding carboxylic acids is 1. The maximum absolute atomic E-state index is 14.2. The second kappa shape index (κ2) is 7.93. The Morgan fingerprint density at radius 1 is 1.15 bits per heavy atom. The van der Waals surface area contributed by atoms with Gasteiger partial charge in [0.1, 0.15) is 23.3 Å². The van der Waals surface area contributed by atoms with Crippen LogP contribution in [0.4, 0.5) is 30.9 Å². The van der Waals surface area contributed by atoms with Gasteiger partial charge in [0.15, 0.2) is 23.2 Å².